The Labute approximate surface area is 175 Å². The minimum Gasteiger partial charge on any atom is -0.483 e. The van der Waals surface area contributed by atoms with Crippen molar-refractivity contribution in [3.05, 3.63) is 47.0 Å². The van der Waals surface area contributed by atoms with Gasteiger partial charge >= 0.3 is 0 Å². The van der Waals surface area contributed by atoms with Gasteiger partial charge in [0, 0.05) is 18.5 Å². The minimum atomic E-state index is -0.556. The molecule has 0 N–H and O–H groups in total. The molecular formula is C22H26ClFN2O3. The summed E-state index contributed by atoms with van der Waals surface area (Å²) < 4.78 is 19.7. The normalized spacial score (nSPS) is 31.8. The molecule has 2 aliphatic heterocycles. The zero-order chi connectivity index (χ0) is 20.9. The number of rotatable bonds is 4. The lowest BCUT2D eigenvalue weighted by molar-refractivity contribution is -0.136. The maximum atomic E-state index is 13.5. The first-order chi connectivity index (χ1) is 13.8. The van der Waals surface area contributed by atoms with E-state index >= 15 is 0 Å². The third-order valence-electron chi connectivity index (χ3n) is 6.28. The maximum absolute atomic E-state index is 13.5. The Morgan fingerprint density at radius 1 is 1.21 bits per heavy atom. The van der Waals surface area contributed by atoms with E-state index in [-0.39, 0.29) is 46.6 Å². The number of carbonyl (C=O) groups excluding carboxylic acids is 2. The fourth-order valence-electron chi connectivity index (χ4n) is 4.60. The van der Waals surface area contributed by atoms with Gasteiger partial charge in [0.25, 0.3) is 5.91 Å². The van der Waals surface area contributed by atoms with Gasteiger partial charge in [0.1, 0.15) is 11.9 Å². The first-order valence-electron chi connectivity index (χ1n) is 10.1. The number of amides is 1. The predicted molar refractivity (Wildman–Crippen MR) is 108 cm³/mol. The lowest BCUT2D eigenvalue weighted by Crippen LogP contribution is -2.44. The number of Topliss-reactive ketones (excluding diaryl/α,β-unsaturated/α-hetero) is 1. The van der Waals surface area contributed by atoms with Gasteiger partial charge in [-0.3, -0.25) is 9.59 Å². The van der Waals surface area contributed by atoms with Crippen LogP contribution in [0.5, 0.6) is 0 Å². The number of likely N-dealkylation sites (N-methyl/N-ethyl adjacent to an activating group) is 1. The van der Waals surface area contributed by atoms with Crippen molar-refractivity contribution in [3.8, 4) is 0 Å². The van der Waals surface area contributed by atoms with Gasteiger partial charge in [-0.15, -0.1) is 11.6 Å². The van der Waals surface area contributed by atoms with E-state index < -0.39 is 6.04 Å². The molecule has 0 spiro atoms. The SMILES string of the molecule is CC1CC2OC3=C(C(=O)C2CC1Cl)C(c1ccc(F)cc1)N(CCN(C)C)C3=O. The Hall–Kier alpha value is -1.92. The molecule has 4 rings (SSSR count). The highest BCUT2D eigenvalue weighted by atomic mass is 35.5. The zero-order valence-electron chi connectivity index (χ0n) is 16.9. The van der Waals surface area contributed by atoms with Gasteiger partial charge < -0.3 is 14.5 Å². The van der Waals surface area contributed by atoms with Crippen molar-refractivity contribution in [2.24, 2.45) is 11.8 Å². The van der Waals surface area contributed by atoms with Crippen LogP contribution in [0.15, 0.2) is 35.6 Å². The number of benzene rings is 1. The largest absolute Gasteiger partial charge is 0.483 e. The number of hydrogen-bond donors (Lipinski definition) is 0. The highest BCUT2D eigenvalue weighted by Gasteiger charge is 2.53. The van der Waals surface area contributed by atoms with Gasteiger partial charge in [-0.1, -0.05) is 19.1 Å². The summed E-state index contributed by atoms with van der Waals surface area (Å²) in [6.07, 6.45) is 0.899. The van der Waals surface area contributed by atoms with Crippen molar-refractivity contribution >= 4 is 23.3 Å². The summed E-state index contributed by atoms with van der Waals surface area (Å²) in [5.74, 6) is -0.610. The monoisotopic (exact) mass is 420 g/mol. The molecule has 0 aromatic heterocycles. The molecule has 5 atom stereocenters. The van der Waals surface area contributed by atoms with Crippen LogP contribution >= 0.6 is 11.6 Å². The van der Waals surface area contributed by atoms with Gasteiger partial charge in [0.15, 0.2) is 11.5 Å². The van der Waals surface area contributed by atoms with Crippen molar-refractivity contribution in [1.29, 1.82) is 0 Å². The number of ether oxygens (including phenoxy) is 1. The Balaban J connectivity index is 1.74. The molecule has 1 aromatic rings. The van der Waals surface area contributed by atoms with Crippen LogP contribution < -0.4 is 0 Å². The van der Waals surface area contributed by atoms with E-state index in [1.807, 2.05) is 25.9 Å². The zero-order valence-corrected chi connectivity index (χ0v) is 17.7. The molecular weight excluding hydrogens is 395 g/mol. The maximum Gasteiger partial charge on any atom is 0.290 e. The summed E-state index contributed by atoms with van der Waals surface area (Å²) in [6, 6.07) is 5.43. The molecule has 1 saturated carbocycles. The summed E-state index contributed by atoms with van der Waals surface area (Å²) in [5, 5.41) is -0.0860. The number of hydrogen-bond acceptors (Lipinski definition) is 4. The van der Waals surface area contributed by atoms with Crippen LogP contribution in [0.2, 0.25) is 0 Å². The van der Waals surface area contributed by atoms with Crippen molar-refractivity contribution < 1.29 is 18.7 Å². The van der Waals surface area contributed by atoms with Gasteiger partial charge in [-0.05, 0) is 50.6 Å². The number of fused-ring (bicyclic) bond motifs is 1. The van der Waals surface area contributed by atoms with E-state index in [4.69, 9.17) is 16.3 Å². The topological polar surface area (TPSA) is 49.9 Å². The van der Waals surface area contributed by atoms with Crippen molar-refractivity contribution in [2.75, 3.05) is 27.2 Å². The highest BCUT2D eigenvalue weighted by molar-refractivity contribution is 6.21. The fraction of sp³-hybridized carbons (Fsp3) is 0.545. The molecule has 29 heavy (non-hydrogen) atoms. The van der Waals surface area contributed by atoms with E-state index in [1.165, 1.54) is 12.1 Å². The van der Waals surface area contributed by atoms with Crippen LogP contribution in [0.1, 0.15) is 31.4 Å². The number of carbonyl (C=O) groups is 2. The number of ketones is 1. The van der Waals surface area contributed by atoms with Gasteiger partial charge in [-0.2, -0.15) is 0 Å². The molecule has 1 fully saturated rings. The Morgan fingerprint density at radius 2 is 1.90 bits per heavy atom. The molecule has 0 bridgehead atoms. The summed E-state index contributed by atoms with van der Waals surface area (Å²) in [4.78, 5) is 30.4. The average Bonchev–Trinajstić information content (AvgIpc) is 2.95. The summed E-state index contributed by atoms with van der Waals surface area (Å²) in [5.41, 5.74) is 1.12. The second-order valence-electron chi connectivity index (χ2n) is 8.59. The lowest BCUT2D eigenvalue weighted by Gasteiger charge is -2.40. The van der Waals surface area contributed by atoms with Crippen LogP contribution in [-0.2, 0) is 14.3 Å². The van der Waals surface area contributed by atoms with Crippen molar-refractivity contribution in [2.45, 2.75) is 37.3 Å². The summed E-state index contributed by atoms with van der Waals surface area (Å²) >= 11 is 6.46. The van der Waals surface area contributed by atoms with Crippen molar-refractivity contribution in [3.63, 3.8) is 0 Å². The molecule has 156 valence electrons. The van der Waals surface area contributed by atoms with Crippen LogP contribution in [-0.4, -0.2) is 60.2 Å². The van der Waals surface area contributed by atoms with Gasteiger partial charge in [0.2, 0.25) is 0 Å². The molecule has 1 aliphatic carbocycles. The fourth-order valence-corrected chi connectivity index (χ4v) is 4.89. The number of nitrogens with zero attached hydrogens (tertiary/aromatic N) is 2. The number of alkyl halides is 1. The lowest BCUT2D eigenvalue weighted by atomic mass is 9.74. The Kier molecular flexibility index (Phi) is 5.42. The van der Waals surface area contributed by atoms with E-state index in [0.29, 0.717) is 37.1 Å². The molecule has 2 heterocycles. The second kappa shape index (κ2) is 7.73. The molecule has 5 unspecified atom stereocenters. The third-order valence-corrected chi connectivity index (χ3v) is 6.89. The smallest absolute Gasteiger partial charge is 0.290 e. The van der Waals surface area contributed by atoms with Crippen LogP contribution in [0.25, 0.3) is 0 Å². The second-order valence-corrected chi connectivity index (χ2v) is 9.15. The van der Waals surface area contributed by atoms with Crippen LogP contribution in [0.3, 0.4) is 0 Å². The van der Waals surface area contributed by atoms with Crippen LogP contribution in [0.4, 0.5) is 4.39 Å². The van der Waals surface area contributed by atoms with Crippen molar-refractivity contribution in [1.82, 2.24) is 9.80 Å². The van der Waals surface area contributed by atoms with Gasteiger partial charge in [0.05, 0.1) is 17.5 Å². The first-order valence-corrected chi connectivity index (χ1v) is 10.5. The molecule has 3 aliphatic rings. The first kappa shape index (κ1) is 20.4. The van der Waals surface area contributed by atoms with E-state index in [0.717, 1.165) is 0 Å². The van der Waals surface area contributed by atoms with Crippen LogP contribution in [0, 0.1) is 17.7 Å². The number of halogens is 2. The molecule has 1 amide bonds. The quantitative estimate of drug-likeness (QED) is 0.702. The van der Waals surface area contributed by atoms with E-state index in [9.17, 15) is 14.0 Å². The Morgan fingerprint density at radius 3 is 2.55 bits per heavy atom. The van der Waals surface area contributed by atoms with Gasteiger partial charge in [-0.25, -0.2) is 4.39 Å². The highest BCUT2D eigenvalue weighted by Crippen LogP contribution is 2.48. The molecule has 0 radical (unpaired) electrons. The molecule has 7 heteroatoms. The predicted octanol–water partition coefficient (Wildman–Crippen LogP) is 3.15. The summed E-state index contributed by atoms with van der Waals surface area (Å²) in [6.45, 7) is 3.14. The molecule has 5 nitrogen and oxygen atoms in total. The average molecular weight is 421 g/mol. The summed E-state index contributed by atoms with van der Waals surface area (Å²) in [7, 11) is 3.86. The standard InChI is InChI=1S/C22H26ClFN2O3/c1-12-10-17-15(11-16(12)23)20(27)18-19(13-4-6-14(24)7-5-13)26(9-8-25(2)3)22(28)21(18)29-17/h4-7,12,15-17,19H,8-11H2,1-3H3. The molecule has 0 saturated heterocycles. The van der Waals surface area contributed by atoms with E-state index in [1.54, 1.807) is 17.0 Å². The molecule has 1 aromatic carbocycles. The minimum absolute atomic E-state index is 0.0520. The Bertz CT molecular complexity index is 854. The van der Waals surface area contributed by atoms with E-state index in [2.05, 4.69) is 0 Å². The third kappa shape index (κ3) is 3.57.